The van der Waals surface area contributed by atoms with Crippen molar-refractivity contribution in [3.05, 3.63) is 24.2 Å². The fourth-order valence-corrected chi connectivity index (χ4v) is 2.41. The number of furan rings is 1. The first kappa shape index (κ1) is 12.7. The standard InChI is InChI=1S/C13H17NO4/c1-13(12(16)17)7-3-8-14(13)11(15)6-5-10-4-2-9-18-10/h2,4,9H,3,5-8H2,1H3,(H,16,17). The second-order valence-corrected chi connectivity index (χ2v) is 4.81. The van der Waals surface area contributed by atoms with Crippen LogP contribution >= 0.6 is 0 Å². The molecule has 1 aliphatic rings. The summed E-state index contributed by atoms with van der Waals surface area (Å²) in [6.45, 7) is 2.15. The normalized spacial score (nSPS) is 23.3. The third-order valence-electron chi connectivity index (χ3n) is 3.57. The summed E-state index contributed by atoms with van der Waals surface area (Å²) in [5.74, 6) is -0.292. The van der Waals surface area contributed by atoms with E-state index in [0.29, 0.717) is 19.4 Å². The summed E-state index contributed by atoms with van der Waals surface area (Å²) in [4.78, 5) is 24.8. The molecule has 1 aliphatic heterocycles. The van der Waals surface area contributed by atoms with Gasteiger partial charge in [0.25, 0.3) is 0 Å². The average Bonchev–Trinajstić information content (AvgIpc) is 2.95. The number of hydrogen-bond donors (Lipinski definition) is 1. The lowest BCUT2D eigenvalue weighted by molar-refractivity contribution is -0.155. The maximum Gasteiger partial charge on any atom is 0.329 e. The number of carbonyl (C=O) groups excluding carboxylic acids is 1. The Labute approximate surface area is 105 Å². The first-order valence-corrected chi connectivity index (χ1v) is 6.10. The Morgan fingerprint density at radius 1 is 1.56 bits per heavy atom. The van der Waals surface area contributed by atoms with E-state index in [1.807, 2.05) is 6.07 Å². The van der Waals surface area contributed by atoms with Crippen LogP contribution in [-0.4, -0.2) is 34.0 Å². The Balaban J connectivity index is 1.98. The Kier molecular flexibility index (Phi) is 3.41. The van der Waals surface area contributed by atoms with Gasteiger partial charge in [-0.15, -0.1) is 0 Å². The monoisotopic (exact) mass is 251 g/mol. The number of likely N-dealkylation sites (tertiary alicyclic amines) is 1. The maximum absolute atomic E-state index is 12.1. The SMILES string of the molecule is CC1(C(=O)O)CCCN1C(=O)CCc1ccco1. The van der Waals surface area contributed by atoms with Gasteiger partial charge < -0.3 is 14.4 Å². The Hall–Kier alpha value is -1.78. The van der Waals surface area contributed by atoms with Crippen LogP contribution in [0.25, 0.3) is 0 Å². The zero-order valence-electron chi connectivity index (χ0n) is 10.4. The molecule has 1 aromatic heterocycles. The lowest BCUT2D eigenvalue weighted by Crippen LogP contribution is -2.50. The van der Waals surface area contributed by atoms with Gasteiger partial charge in [-0.2, -0.15) is 0 Å². The van der Waals surface area contributed by atoms with E-state index < -0.39 is 11.5 Å². The topological polar surface area (TPSA) is 70.8 Å². The summed E-state index contributed by atoms with van der Waals surface area (Å²) in [6.07, 6.45) is 3.63. The largest absolute Gasteiger partial charge is 0.480 e. The lowest BCUT2D eigenvalue weighted by atomic mass is 9.99. The number of carboxylic acids is 1. The number of aryl methyl sites for hydroxylation is 1. The molecule has 0 aliphatic carbocycles. The predicted octanol–water partition coefficient (Wildman–Crippen LogP) is 1.68. The van der Waals surface area contributed by atoms with Crippen LogP contribution in [0.5, 0.6) is 0 Å². The molecule has 1 unspecified atom stereocenters. The molecule has 5 heteroatoms. The molecular weight excluding hydrogens is 234 g/mol. The van der Waals surface area contributed by atoms with Gasteiger partial charge >= 0.3 is 5.97 Å². The highest BCUT2D eigenvalue weighted by atomic mass is 16.4. The molecule has 5 nitrogen and oxygen atoms in total. The minimum absolute atomic E-state index is 0.117. The van der Waals surface area contributed by atoms with Crippen molar-refractivity contribution in [2.24, 2.45) is 0 Å². The quantitative estimate of drug-likeness (QED) is 0.883. The van der Waals surface area contributed by atoms with Crippen molar-refractivity contribution in [1.82, 2.24) is 4.90 Å². The zero-order valence-corrected chi connectivity index (χ0v) is 10.4. The molecule has 0 aromatic carbocycles. The first-order chi connectivity index (χ1) is 8.54. The molecule has 0 spiro atoms. The zero-order chi connectivity index (χ0) is 13.2. The molecule has 1 amide bonds. The number of hydrogen-bond acceptors (Lipinski definition) is 3. The van der Waals surface area contributed by atoms with Gasteiger partial charge in [0.05, 0.1) is 6.26 Å². The molecule has 0 radical (unpaired) electrons. The number of carboxylic acid groups (broad SMARTS) is 1. The highest BCUT2D eigenvalue weighted by molar-refractivity contribution is 5.87. The number of nitrogens with zero attached hydrogens (tertiary/aromatic N) is 1. The molecule has 1 aromatic rings. The van der Waals surface area contributed by atoms with Crippen molar-refractivity contribution >= 4 is 11.9 Å². The van der Waals surface area contributed by atoms with E-state index in [1.165, 1.54) is 4.90 Å². The fourth-order valence-electron chi connectivity index (χ4n) is 2.41. The van der Waals surface area contributed by atoms with E-state index in [9.17, 15) is 14.7 Å². The van der Waals surface area contributed by atoms with E-state index in [4.69, 9.17) is 4.42 Å². The van der Waals surface area contributed by atoms with Crippen molar-refractivity contribution in [2.45, 2.75) is 38.1 Å². The van der Waals surface area contributed by atoms with Crippen LogP contribution in [0.15, 0.2) is 22.8 Å². The summed E-state index contributed by atoms with van der Waals surface area (Å²) in [6, 6.07) is 3.59. The van der Waals surface area contributed by atoms with Crippen molar-refractivity contribution < 1.29 is 19.1 Å². The van der Waals surface area contributed by atoms with E-state index in [1.54, 1.807) is 19.3 Å². The fraction of sp³-hybridized carbons (Fsp3) is 0.538. The average molecular weight is 251 g/mol. The number of rotatable bonds is 4. The van der Waals surface area contributed by atoms with Gasteiger partial charge in [0.2, 0.25) is 5.91 Å². The van der Waals surface area contributed by atoms with Crippen LogP contribution in [0.2, 0.25) is 0 Å². The van der Waals surface area contributed by atoms with Gasteiger partial charge in [-0.1, -0.05) is 0 Å². The molecule has 2 rings (SSSR count). The highest BCUT2D eigenvalue weighted by Crippen LogP contribution is 2.30. The van der Waals surface area contributed by atoms with Crippen molar-refractivity contribution in [3.63, 3.8) is 0 Å². The predicted molar refractivity (Wildman–Crippen MR) is 64.0 cm³/mol. The van der Waals surface area contributed by atoms with Crippen molar-refractivity contribution in [1.29, 1.82) is 0 Å². The van der Waals surface area contributed by atoms with E-state index >= 15 is 0 Å². The Morgan fingerprint density at radius 2 is 2.33 bits per heavy atom. The number of aliphatic carboxylic acids is 1. The lowest BCUT2D eigenvalue weighted by Gasteiger charge is -2.31. The third-order valence-corrected chi connectivity index (χ3v) is 3.57. The van der Waals surface area contributed by atoms with Crippen LogP contribution in [0.4, 0.5) is 0 Å². The van der Waals surface area contributed by atoms with Crippen LogP contribution in [0.3, 0.4) is 0 Å². The van der Waals surface area contributed by atoms with Gasteiger partial charge in [0.15, 0.2) is 0 Å². The van der Waals surface area contributed by atoms with Crippen LogP contribution in [0.1, 0.15) is 31.9 Å². The van der Waals surface area contributed by atoms with Gasteiger partial charge in [-0.05, 0) is 31.9 Å². The summed E-state index contributed by atoms with van der Waals surface area (Å²) in [7, 11) is 0. The minimum Gasteiger partial charge on any atom is -0.480 e. The van der Waals surface area contributed by atoms with Gasteiger partial charge in [0, 0.05) is 19.4 Å². The Morgan fingerprint density at radius 3 is 2.94 bits per heavy atom. The molecule has 1 fully saturated rings. The second-order valence-electron chi connectivity index (χ2n) is 4.81. The van der Waals surface area contributed by atoms with E-state index in [2.05, 4.69) is 0 Å². The van der Waals surface area contributed by atoms with Gasteiger partial charge in [-0.3, -0.25) is 4.79 Å². The van der Waals surface area contributed by atoms with E-state index in [-0.39, 0.29) is 12.3 Å². The van der Waals surface area contributed by atoms with Crippen LogP contribution in [-0.2, 0) is 16.0 Å². The minimum atomic E-state index is -1.04. The number of carbonyl (C=O) groups is 2. The maximum atomic E-state index is 12.1. The molecule has 98 valence electrons. The molecule has 1 atom stereocenters. The molecule has 18 heavy (non-hydrogen) atoms. The molecule has 2 heterocycles. The Bertz CT molecular complexity index is 440. The number of amides is 1. The van der Waals surface area contributed by atoms with Gasteiger partial charge in [-0.25, -0.2) is 4.79 Å². The summed E-state index contributed by atoms with van der Waals surface area (Å²) in [5, 5.41) is 9.23. The highest BCUT2D eigenvalue weighted by Gasteiger charge is 2.45. The molecule has 0 bridgehead atoms. The molecular formula is C13H17NO4. The first-order valence-electron chi connectivity index (χ1n) is 6.10. The molecule has 1 saturated heterocycles. The third kappa shape index (κ3) is 2.25. The van der Waals surface area contributed by atoms with Crippen LogP contribution in [0, 0.1) is 0 Å². The second kappa shape index (κ2) is 4.84. The molecule has 0 saturated carbocycles. The van der Waals surface area contributed by atoms with Gasteiger partial charge in [0.1, 0.15) is 11.3 Å². The van der Waals surface area contributed by atoms with Crippen LogP contribution < -0.4 is 0 Å². The van der Waals surface area contributed by atoms with E-state index in [0.717, 1.165) is 12.2 Å². The van der Waals surface area contributed by atoms with Crippen molar-refractivity contribution in [2.75, 3.05) is 6.54 Å². The summed E-state index contributed by atoms with van der Waals surface area (Å²) >= 11 is 0. The molecule has 1 N–H and O–H groups in total. The summed E-state index contributed by atoms with van der Waals surface area (Å²) in [5.41, 5.74) is -1.04. The van der Waals surface area contributed by atoms with Crippen molar-refractivity contribution in [3.8, 4) is 0 Å². The summed E-state index contributed by atoms with van der Waals surface area (Å²) < 4.78 is 5.16. The smallest absolute Gasteiger partial charge is 0.329 e.